The van der Waals surface area contributed by atoms with Crippen LogP contribution in [0, 0.1) is 0 Å². The summed E-state index contributed by atoms with van der Waals surface area (Å²) in [6, 6.07) is 16.4. The Hall–Kier alpha value is -2.73. The normalized spacial score (nSPS) is 16.2. The van der Waals surface area contributed by atoms with Crippen molar-refractivity contribution in [1.29, 1.82) is 0 Å². The van der Waals surface area contributed by atoms with Gasteiger partial charge in [0.15, 0.2) is 11.5 Å². The smallest absolute Gasteiger partial charge is 0.237 e. The molecule has 4 rings (SSSR count). The van der Waals surface area contributed by atoms with Gasteiger partial charge in [0.2, 0.25) is 12.7 Å². The van der Waals surface area contributed by atoms with Gasteiger partial charge < -0.3 is 19.3 Å². The standard InChI is InChI=1S/C22H27N3O3/c1-2-24(15-18-8-9-20-21(14-18)28-17-27-20)22(26)16-23-10-12-25(13-11-23)19-6-4-3-5-7-19/h3-9,14H,2,10-13,15-17H2,1H3. The first kappa shape index (κ1) is 18.6. The van der Waals surface area contributed by atoms with Gasteiger partial charge in [0.05, 0.1) is 6.54 Å². The molecule has 0 N–H and O–H groups in total. The molecular weight excluding hydrogens is 354 g/mol. The molecule has 0 saturated carbocycles. The second-order valence-electron chi connectivity index (χ2n) is 7.19. The van der Waals surface area contributed by atoms with Gasteiger partial charge in [-0.3, -0.25) is 9.69 Å². The Balaban J connectivity index is 1.30. The topological polar surface area (TPSA) is 45.3 Å². The number of benzene rings is 2. The molecule has 0 unspecified atom stereocenters. The van der Waals surface area contributed by atoms with Crippen LogP contribution in [-0.4, -0.2) is 61.8 Å². The van der Waals surface area contributed by atoms with Crippen molar-refractivity contribution in [3.8, 4) is 11.5 Å². The van der Waals surface area contributed by atoms with E-state index in [-0.39, 0.29) is 12.7 Å². The minimum atomic E-state index is 0.174. The minimum absolute atomic E-state index is 0.174. The Morgan fingerprint density at radius 3 is 2.50 bits per heavy atom. The third-order valence-corrected chi connectivity index (χ3v) is 5.40. The van der Waals surface area contributed by atoms with E-state index in [2.05, 4.69) is 34.1 Å². The molecule has 6 nitrogen and oxygen atoms in total. The lowest BCUT2D eigenvalue weighted by molar-refractivity contribution is -0.132. The van der Waals surface area contributed by atoms with Crippen molar-refractivity contribution in [2.45, 2.75) is 13.5 Å². The summed E-state index contributed by atoms with van der Waals surface area (Å²) in [4.78, 5) is 19.4. The third kappa shape index (κ3) is 4.22. The monoisotopic (exact) mass is 381 g/mol. The number of rotatable bonds is 6. The number of anilines is 1. The number of likely N-dealkylation sites (N-methyl/N-ethyl adjacent to an activating group) is 1. The quantitative estimate of drug-likeness (QED) is 0.770. The van der Waals surface area contributed by atoms with E-state index in [1.54, 1.807) is 0 Å². The highest BCUT2D eigenvalue weighted by molar-refractivity contribution is 5.78. The van der Waals surface area contributed by atoms with Crippen LogP contribution in [0.15, 0.2) is 48.5 Å². The summed E-state index contributed by atoms with van der Waals surface area (Å²) in [7, 11) is 0. The van der Waals surface area contributed by atoms with Crippen molar-refractivity contribution >= 4 is 11.6 Å². The summed E-state index contributed by atoms with van der Waals surface area (Å²) in [6.45, 7) is 7.76. The van der Waals surface area contributed by atoms with Crippen LogP contribution >= 0.6 is 0 Å². The van der Waals surface area contributed by atoms with Crippen molar-refractivity contribution in [1.82, 2.24) is 9.80 Å². The molecule has 1 amide bonds. The molecule has 0 spiro atoms. The van der Waals surface area contributed by atoms with E-state index in [1.165, 1.54) is 5.69 Å². The zero-order valence-corrected chi connectivity index (χ0v) is 16.3. The van der Waals surface area contributed by atoms with Crippen molar-refractivity contribution in [3.05, 3.63) is 54.1 Å². The molecule has 0 radical (unpaired) electrons. The van der Waals surface area contributed by atoms with Crippen molar-refractivity contribution in [2.75, 3.05) is 51.0 Å². The summed E-state index contributed by atoms with van der Waals surface area (Å²) < 4.78 is 10.8. The first-order valence-corrected chi connectivity index (χ1v) is 9.91. The van der Waals surface area contributed by atoms with Gasteiger partial charge in [-0.1, -0.05) is 24.3 Å². The first-order chi connectivity index (χ1) is 13.7. The van der Waals surface area contributed by atoms with Crippen molar-refractivity contribution in [3.63, 3.8) is 0 Å². The number of nitrogens with zero attached hydrogens (tertiary/aromatic N) is 3. The predicted octanol–water partition coefficient (Wildman–Crippen LogP) is 2.59. The maximum absolute atomic E-state index is 12.8. The van der Waals surface area contributed by atoms with Crippen LogP contribution in [0.25, 0.3) is 0 Å². The summed E-state index contributed by atoms with van der Waals surface area (Å²) in [5, 5.41) is 0. The van der Waals surface area contributed by atoms with Gasteiger partial charge in [-0.2, -0.15) is 0 Å². The molecule has 2 aliphatic heterocycles. The molecule has 0 atom stereocenters. The zero-order valence-electron chi connectivity index (χ0n) is 16.3. The fraction of sp³-hybridized carbons (Fsp3) is 0.409. The maximum atomic E-state index is 12.8. The average molecular weight is 381 g/mol. The highest BCUT2D eigenvalue weighted by Crippen LogP contribution is 2.32. The van der Waals surface area contributed by atoms with Gasteiger partial charge in [-0.25, -0.2) is 0 Å². The number of carbonyl (C=O) groups is 1. The number of piperazine rings is 1. The lowest BCUT2D eigenvalue weighted by Crippen LogP contribution is -2.50. The first-order valence-electron chi connectivity index (χ1n) is 9.91. The van der Waals surface area contributed by atoms with Crippen LogP contribution in [0.1, 0.15) is 12.5 Å². The van der Waals surface area contributed by atoms with E-state index >= 15 is 0 Å². The summed E-state index contributed by atoms with van der Waals surface area (Å²) in [5.74, 6) is 1.71. The molecular formula is C22H27N3O3. The lowest BCUT2D eigenvalue weighted by Gasteiger charge is -2.36. The molecule has 2 aliphatic rings. The molecule has 2 aromatic rings. The zero-order chi connectivity index (χ0) is 19.3. The van der Waals surface area contributed by atoms with E-state index < -0.39 is 0 Å². The Bertz CT molecular complexity index is 804. The highest BCUT2D eigenvalue weighted by atomic mass is 16.7. The van der Waals surface area contributed by atoms with E-state index in [1.807, 2.05) is 36.1 Å². The van der Waals surface area contributed by atoms with Crippen LogP contribution in [0.2, 0.25) is 0 Å². The lowest BCUT2D eigenvalue weighted by atomic mass is 10.2. The van der Waals surface area contributed by atoms with Gasteiger partial charge in [0.1, 0.15) is 0 Å². The molecule has 1 fully saturated rings. The van der Waals surface area contributed by atoms with Crippen LogP contribution in [0.4, 0.5) is 5.69 Å². The summed E-state index contributed by atoms with van der Waals surface area (Å²) >= 11 is 0. The fourth-order valence-corrected chi connectivity index (χ4v) is 3.73. The van der Waals surface area contributed by atoms with Crippen molar-refractivity contribution in [2.24, 2.45) is 0 Å². The molecule has 28 heavy (non-hydrogen) atoms. The van der Waals surface area contributed by atoms with Crippen LogP contribution in [0.5, 0.6) is 11.5 Å². The molecule has 1 saturated heterocycles. The van der Waals surface area contributed by atoms with Crippen molar-refractivity contribution < 1.29 is 14.3 Å². The van der Waals surface area contributed by atoms with E-state index in [0.29, 0.717) is 19.6 Å². The van der Waals surface area contributed by atoms with Gasteiger partial charge in [-0.15, -0.1) is 0 Å². The number of hydrogen-bond acceptors (Lipinski definition) is 5. The highest BCUT2D eigenvalue weighted by Gasteiger charge is 2.22. The second kappa shape index (κ2) is 8.52. The Labute approximate surface area is 166 Å². The van der Waals surface area contributed by atoms with Gasteiger partial charge in [-0.05, 0) is 36.8 Å². The minimum Gasteiger partial charge on any atom is -0.454 e. The van der Waals surface area contributed by atoms with Gasteiger partial charge in [0.25, 0.3) is 0 Å². The fourth-order valence-electron chi connectivity index (χ4n) is 3.73. The van der Waals surface area contributed by atoms with E-state index in [0.717, 1.165) is 43.2 Å². The van der Waals surface area contributed by atoms with Crippen LogP contribution in [0.3, 0.4) is 0 Å². The molecule has 2 heterocycles. The van der Waals surface area contributed by atoms with E-state index in [9.17, 15) is 4.79 Å². The largest absolute Gasteiger partial charge is 0.454 e. The molecule has 0 aliphatic carbocycles. The SMILES string of the molecule is CCN(Cc1ccc2c(c1)OCO2)C(=O)CN1CCN(c2ccccc2)CC1. The molecule has 6 heteroatoms. The molecule has 148 valence electrons. The maximum Gasteiger partial charge on any atom is 0.237 e. The Morgan fingerprint density at radius 1 is 1.00 bits per heavy atom. The predicted molar refractivity (Wildman–Crippen MR) is 109 cm³/mol. The van der Waals surface area contributed by atoms with Crippen LogP contribution in [-0.2, 0) is 11.3 Å². The number of hydrogen-bond donors (Lipinski definition) is 0. The van der Waals surface area contributed by atoms with E-state index in [4.69, 9.17) is 9.47 Å². The number of amides is 1. The second-order valence-corrected chi connectivity index (χ2v) is 7.19. The number of ether oxygens (including phenoxy) is 2. The van der Waals surface area contributed by atoms with Gasteiger partial charge >= 0.3 is 0 Å². The van der Waals surface area contributed by atoms with Gasteiger partial charge in [0, 0.05) is 45.0 Å². The third-order valence-electron chi connectivity index (χ3n) is 5.40. The Kier molecular flexibility index (Phi) is 5.67. The summed E-state index contributed by atoms with van der Waals surface area (Å²) in [5.41, 5.74) is 2.32. The summed E-state index contributed by atoms with van der Waals surface area (Å²) in [6.07, 6.45) is 0. The number of para-hydroxylation sites is 1. The Morgan fingerprint density at radius 2 is 1.75 bits per heavy atom. The molecule has 2 aromatic carbocycles. The molecule has 0 aromatic heterocycles. The average Bonchev–Trinajstić information content (AvgIpc) is 3.21. The van der Waals surface area contributed by atoms with Crippen LogP contribution < -0.4 is 14.4 Å². The number of fused-ring (bicyclic) bond motifs is 1. The molecule has 0 bridgehead atoms. The number of carbonyl (C=O) groups excluding carboxylic acids is 1.